The predicted molar refractivity (Wildman–Crippen MR) is 69.1 cm³/mol. The number of esters is 1. The summed E-state index contributed by atoms with van der Waals surface area (Å²) in [6.07, 6.45) is 0.692. The summed E-state index contributed by atoms with van der Waals surface area (Å²) >= 11 is 17.3. The Morgan fingerprint density at radius 1 is 1.22 bits per heavy atom. The van der Waals surface area contributed by atoms with E-state index in [1.807, 2.05) is 0 Å². The molecule has 96 valence electrons. The van der Waals surface area contributed by atoms with Crippen LogP contribution in [0.3, 0.4) is 0 Å². The second-order valence-corrected chi connectivity index (χ2v) is 4.27. The number of ketones is 1. The van der Waals surface area contributed by atoms with Gasteiger partial charge in [0.15, 0.2) is 0 Å². The van der Waals surface area contributed by atoms with Crippen molar-refractivity contribution in [2.45, 2.75) is 0 Å². The van der Waals surface area contributed by atoms with Gasteiger partial charge in [-0.2, -0.15) is 0 Å². The summed E-state index contributed by atoms with van der Waals surface area (Å²) in [5, 5.41) is 9.91. The first-order valence-corrected chi connectivity index (χ1v) is 5.68. The van der Waals surface area contributed by atoms with E-state index in [1.165, 1.54) is 12.1 Å². The molecule has 0 aromatic heterocycles. The van der Waals surface area contributed by atoms with Crippen LogP contribution in [0, 0.1) is 0 Å². The van der Waals surface area contributed by atoms with Crippen molar-refractivity contribution >= 4 is 52.3 Å². The molecule has 1 aromatic carbocycles. The average molecular weight is 310 g/mol. The highest BCUT2D eigenvalue weighted by Crippen LogP contribution is 2.35. The highest BCUT2D eigenvalue weighted by molar-refractivity contribution is 6.48. The third kappa shape index (κ3) is 3.16. The fraction of sp³-hybridized carbons (Fsp3) is 0.0909. The van der Waals surface area contributed by atoms with Gasteiger partial charge in [0.05, 0.1) is 22.2 Å². The van der Waals surface area contributed by atoms with Crippen LogP contribution in [0.5, 0.6) is 0 Å². The van der Waals surface area contributed by atoms with E-state index in [0.717, 1.165) is 7.11 Å². The number of rotatable bonds is 3. The molecule has 0 radical (unpaired) electrons. The Morgan fingerprint density at radius 2 is 1.83 bits per heavy atom. The van der Waals surface area contributed by atoms with Gasteiger partial charge in [0.25, 0.3) is 5.78 Å². The first-order valence-electron chi connectivity index (χ1n) is 4.55. The largest absolute Gasteiger partial charge is 0.507 e. The van der Waals surface area contributed by atoms with Gasteiger partial charge < -0.3 is 9.84 Å². The fourth-order valence-corrected chi connectivity index (χ4v) is 1.72. The summed E-state index contributed by atoms with van der Waals surface area (Å²) in [5.74, 6) is -2.62. The molecule has 4 nitrogen and oxygen atoms in total. The molecule has 0 amide bonds. The van der Waals surface area contributed by atoms with E-state index in [0.29, 0.717) is 6.08 Å². The van der Waals surface area contributed by atoms with Gasteiger partial charge >= 0.3 is 5.97 Å². The molecule has 0 bridgehead atoms. The zero-order chi connectivity index (χ0) is 13.9. The second kappa shape index (κ2) is 6.09. The number of carbonyl (C=O) groups excluding carboxylic acids is 2. The second-order valence-electron chi connectivity index (χ2n) is 3.11. The van der Waals surface area contributed by atoms with E-state index in [4.69, 9.17) is 34.8 Å². The molecule has 1 rings (SSSR count). The topological polar surface area (TPSA) is 63.6 Å². The van der Waals surface area contributed by atoms with Crippen molar-refractivity contribution in [3.63, 3.8) is 0 Å². The molecule has 0 unspecified atom stereocenters. The maximum absolute atomic E-state index is 11.2. The molecular formula is C11H7Cl3O4. The fourth-order valence-electron chi connectivity index (χ4n) is 1.09. The van der Waals surface area contributed by atoms with E-state index in [2.05, 4.69) is 4.74 Å². The van der Waals surface area contributed by atoms with Gasteiger partial charge in [-0.25, -0.2) is 4.79 Å². The maximum Gasteiger partial charge on any atom is 0.378 e. The minimum absolute atomic E-state index is 0.0180. The monoisotopic (exact) mass is 308 g/mol. The summed E-state index contributed by atoms with van der Waals surface area (Å²) < 4.78 is 4.20. The molecule has 0 atom stereocenters. The molecule has 0 saturated carbocycles. The van der Waals surface area contributed by atoms with E-state index < -0.39 is 17.5 Å². The number of hydrogen-bond donors (Lipinski definition) is 1. The molecule has 0 aliphatic carbocycles. The summed E-state index contributed by atoms with van der Waals surface area (Å²) in [7, 11) is 1.05. The lowest BCUT2D eigenvalue weighted by Gasteiger charge is -2.06. The molecule has 1 aromatic rings. The van der Waals surface area contributed by atoms with Crippen LogP contribution in [0.25, 0.3) is 5.76 Å². The Balaban J connectivity index is 3.16. The molecule has 7 heteroatoms. The van der Waals surface area contributed by atoms with Gasteiger partial charge in [0.1, 0.15) is 5.76 Å². The number of halogens is 3. The number of carbonyl (C=O) groups is 2. The SMILES string of the molecule is COC(=O)C(=O)/C=C(\O)c1ccc(Cl)c(Cl)c1Cl. The average Bonchev–Trinajstić information content (AvgIpc) is 2.34. The third-order valence-electron chi connectivity index (χ3n) is 1.97. The predicted octanol–water partition coefficient (Wildman–Crippen LogP) is 3.29. The molecule has 0 aliphatic rings. The van der Waals surface area contributed by atoms with Crippen LogP contribution in [-0.2, 0) is 14.3 Å². The number of aliphatic hydroxyl groups excluding tert-OH is 1. The number of ether oxygens (including phenoxy) is 1. The molecule has 0 saturated heterocycles. The molecule has 0 fully saturated rings. The highest BCUT2D eigenvalue weighted by atomic mass is 35.5. The number of methoxy groups -OCH3 is 1. The molecular weight excluding hydrogens is 302 g/mol. The first-order chi connectivity index (χ1) is 8.38. The summed E-state index contributed by atoms with van der Waals surface area (Å²) in [6.45, 7) is 0. The van der Waals surface area contributed by atoms with Crippen LogP contribution in [0.15, 0.2) is 18.2 Å². The molecule has 0 spiro atoms. The quantitative estimate of drug-likeness (QED) is 0.306. The standard InChI is InChI=1S/C11H7Cl3O4/c1-18-11(17)8(16)4-7(15)5-2-3-6(12)10(14)9(5)13/h2-4,15H,1H3/b7-4-. The van der Waals surface area contributed by atoms with E-state index in [1.54, 1.807) is 0 Å². The zero-order valence-corrected chi connectivity index (χ0v) is 11.3. The van der Waals surface area contributed by atoms with Crippen molar-refractivity contribution in [3.8, 4) is 0 Å². The molecule has 1 N–H and O–H groups in total. The third-order valence-corrected chi connectivity index (χ3v) is 3.26. The van der Waals surface area contributed by atoms with E-state index >= 15 is 0 Å². The van der Waals surface area contributed by atoms with E-state index in [-0.39, 0.29) is 20.6 Å². The number of hydrogen-bond acceptors (Lipinski definition) is 4. The zero-order valence-electron chi connectivity index (χ0n) is 9.04. The van der Waals surface area contributed by atoms with Gasteiger partial charge in [-0.15, -0.1) is 0 Å². The highest BCUT2D eigenvalue weighted by Gasteiger charge is 2.16. The summed E-state index contributed by atoms with van der Waals surface area (Å²) in [6, 6.07) is 2.77. The van der Waals surface area contributed by atoms with Crippen molar-refractivity contribution in [2.24, 2.45) is 0 Å². The van der Waals surface area contributed by atoms with E-state index in [9.17, 15) is 14.7 Å². The minimum Gasteiger partial charge on any atom is -0.507 e. The molecule has 0 aliphatic heterocycles. The van der Waals surface area contributed by atoms with Gasteiger partial charge in [0.2, 0.25) is 0 Å². The van der Waals surface area contributed by atoms with Gasteiger partial charge in [0, 0.05) is 11.6 Å². The van der Waals surface area contributed by atoms with Crippen molar-refractivity contribution < 1.29 is 19.4 Å². The van der Waals surface area contributed by atoms with Crippen LogP contribution < -0.4 is 0 Å². The maximum atomic E-state index is 11.2. The van der Waals surface area contributed by atoms with Gasteiger partial charge in [-0.3, -0.25) is 4.79 Å². The Morgan fingerprint density at radius 3 is 2.39 bits per heavy atom. The Hall–Kier alpha value is -1.23. The lowest BCUT2D eigenvalue weighted by Crippen LogP contribution is -2.13. The van der Waals surface area contributed by atoms with Crippen molar-refractivity contribution in [2.75, 3.05) is 7.11 Å². The lowest BCUT2D eigenvalue weighted by molar-refractivity contribution is -0.149. The lowest BCUT2D eigenvalue weighted by atomic mass is 10.1. The summed E-state index contributed by atoms with van der Waals surface area (Å²) in [5.41, 5.74) is 0.0864. The van der Waals surface area contributed by atoms with Crippen LogP contribution in [-0.4, -0.2) is 24.0 Å². The van der Waals surface area contributed by atoms with Crippen molar-refractivity contribution in [1.29, 1.82) is 0 Å². The first kappa shape index (κ1) is 14.8. The van der Waals surface area contributed by atoms with Crippen LogP contribution in [0.4, 0.5) is 0 Å². The number of benzene rings is 1. The normalized spacial score (nSPS) is 11.2. The van der Waals surface area contributed by atoms with Crippen LogP contribution in [0.1, 0.15) is 5.56 Å². The van der Waals surface area contributed by atoms with Crippen molar-refractivity contribution in [1.82, 2.24) is 0 Å². The van der Waals surface area contributed by atoms with Gasteiger partial charge in [-0.05, 0) is 12.1 Å². The Labute approximate surface area is 118 Å². The molecule has 0 heterocycles. The minimum atomic E-state index is -1.10. The Bertz CT molecular complexity index is 537. The van der Waals surface area contributed by atoms with Crippen LogP contribution in [0.2, 0.25) is 15.1 Å². The van der Waals surface area contributed by atoms with Gasteiger partial charge in [-0.1, -0.05) is 34.8 Å². The summed E-state index contributed by atoms with van der Waals surface area (Å²) in [4.78, 5) is 22.1. The number of aliphatic hydroxyl groups is 1. The Kier molecular flexibility index (Phi) is 5.02. The molecule has 18 heavy (non-hydrogen) atoms. The van der Waals surface area contributed by atoms with Crippen molar-refractivity contribution in [3.05, 3.63) is 38.8 Å². The smallest absolute Gasteiger partial charge is 0.378 e. The van der Waals surface area contributed by atoms with Crippen LogP contribution >= 0.6 is 34.8 Å².